The van der Waals surface area contributed by atoms with E-state index in [0.29, 0.717) is 17.9 Å². The summed E-state index contributed by atoms with van der Waals surface area (Å²) in [5.74, 6) is 0.333. The molecule has 0 aliphatic heterocycles. The van der Waals surface area contributed by atoms with E-state index in [2.05, 4.69) is 9.71 Å². The van der Waals surface area contributed by atoms with Gasteiger partial charge in [-0.3, -0.25) is 4.98 Å². The molecule has 0 amide bonds. The van der Waals surface area contributed by atoms with Gasteiger partial charge >= 0.3 is 0 Å². The van der Waals surface area contributed by atoms with Crippen LogP contribution in [0.15, 0.2) is 35.4 Å². The van der Waals surface area contributed by atoms with Crippen LogP contribution in [0.3, 0.4) is 0 Å². The molecule has 1 heterocycles. The van der Waals surface area contributed by atoms with Gasteiger partial charge in [-0.2, -0.15) is 0 Å². The van der Waals surface area contributed by atoms with Crippen molar-refractivity contribution in [1.29, 1.82) is 0 Å². The number of hydrogen-bond acceptors (Lipinski definition) is 4. The maximum Gasteiger partial charge on any atom is 0.243 e. The molecular formula is C17H26ClN3O2S. The Morgan fingerprint density at radius 1 is 1.33 bits per heavy atom. The monoisotopic (exact) mass is 371 g/mol. The first-order valence-electron chi connectivity index (χ1n) is 7.76. The van der Waals surface area contributed by atoms with Crippen molar-refractivity contribution in [1.82, 2.24) is 9.71 Å². The average molecular weight is 372 g/mol. The van der Waals surface area contributed by atoms with Gasteiger partial charge in [-0.1, -0.05) is 26.0 Å². The van der Waals surface area contributed by atoms with Crippen molar-refractivity contribution in [3.8, 4) is 0 Å². The summed E-state index contributed by atoms with van der Waals surface area (Å²) in [5, 5.41) is 0.811. The summed E-state index contributed by atoms with van der Waals surface area (Å²) in [5.41, 5.74) is 6.62. The fourth-order valence-corrected chi connectivity index (χ4v) is 4.51. The number of nitrogens with zero attached hydrogens (tertiary/aromatic N) is 1. The number of fused-ring (bicyclic) bond motifs is 1. The van der Waals surface area contributed by atoms with Crippen molar-refractivity contribution >= 4 is 33.3 Å². The summed E-state index contributed by atoms with van der Waals surface area (Å²) in [4.78, 5) is 4.51. The molecule has 0 saturated heterocycles. The molecule has 0 saturated carbocycles. The van der Waals surface area contributed by atoms with E-state index in [1.165, 1.54) is 0 Å². The Labute approximate surface area is 150 Å². The molecule has 0 aliphatic carbocycles. The van der Waals surface area contributed by atoms with Crippen LogP contribution in [-0.4, -0.2) is 25.5 Å². The molecule has 3 N–H and O–H groups in total. The summed E-state index contributed by atoms with van der Waals surface area (Å²) < 4.78 is 28.5. The van der Waals surface area contributed by atoms with Crippen LogP contribution in [0.5, 0.6) is 0 Å². The second kappa shape index (κ2) is 7.78. The standard InChI is InChI=1S/C17H25N3O2S.ClH/c1-12(2)9-17(4,11-18)20-23(21,22)15-7-5-6-14-8-13(3)10-19-16(14)15;/h5-8,10,12,20H,9,11,18H2,1-4H3;1H. The first-order valence-corrected chi connectivity index (χ1v) is 9.24. The Bertz CT molecular complexity index is 809. The van der Waals surface area contributed by atoms with E-state index < -0.39 is 15.6 Å². The summed E-state index contributed by atoms with van der Waals surface area (Å²) >= 11 is 0. The molecule has 5 nitrogen and oxygen atoms in total. The summed E-state index contributed by atoms with van der Waals surface area (Å²) in [6, 6.07) is 7.11. The minimum Gasteiger partial charge on any atom is -0.329 e. The van der Waals surface area contributed by atoms with E-state index in [0.717, 1.165) is 10.9 Å². The maximum atomic E-state index is 12.9. The number of hydrogen-bond donors (Lipinski definition) is 2. The van der Waals surface area contributed by atoms with Crippen LogP contribution >= 0.6 is 12.4 Å². The van der Waals surface area contributed by atoms with Gasteiger partial charge in [0.15, 0.2) is 0 Å². The fourth-order valence-electron chi connectivity index (χ4n) is 2.91. The number of rotatable bonds is 6. The van der Waals surface area contributed by atoms with Crippen LogP contribution in [0, 0.1) is 12.8 Å². The third kappa shape index (κ3) is 4.66. The number of para-hydroxylation sites is 1. The Hall–Kier alpha value is -1.21. The number of pyridine rings is 1. The number of nitrogens with one attached hydrogen (secondary N) is 1. The molecule has 134 valence electrons. The van der Waals surface area contributed by atoms with Gasteiger partial charge in [-0.25, -0.2) is 13.1 Å². The third-order valence-corrected chi connectivity index (χ3v) is 5.46. The minimum absolute atomic E-state index is 0. The Kier molecular flexibility index (Phi) is 6.75. The van der Waals surface area contributed by atoms with Crippen LogP contribution < -0.4 is 10.5 Å². The second-order valence-corrected chi connectivity index (χ2v) is 8.46. The number of sulfonamides is 1. The number of aryl methyl sites for hydroxylation is 1. The van der Waals surface area contributed by atoms with Gasteiger partial charge in [0.25, 0.3) is 0 Å². The molecule has 0 spiro atoms. The molecule has 2 rings (SSSR count). The predicted octanol–water partition coefficient (Wildman–Crippen LogP) is 3.01. The fraction of sp³-hybridized carbons (Fsp3) is 0.471. The van der Waals surface area contributed by atoms with E-state index in [4.69, 9.17) is 5.73 Å². The average Bonchev–Trinajstić information content (AvgIpc) is 2.44. The van der Waals surface area contributed by atoms with E-state index in [9.17, 15) is 8.42 Å². The lowest BCUT2D eigenvalue weighted by Gasteiger charge is -2.30. The van der Waals surface area contributed by atoms with Gasteiger partial charge in [0.2, 0.25) is 10.0 Å². The Morgan fingerprint density at radius 3 is 2.58 bits per heavy atom. The van der Waals surface area contributed by atoms with E-state index in [1.807, 2.05) is 39.8 Å². The Morgan fingerprint density at radius 2 is 2.00 bits per heavy atom. The lowest BCUT2D eigenvalue weighted by molar-refractivity contribution is 0.344. The molecule has 7 heteroatoms. The van der Waals surface area contributed by atoms with Crippen LogP contribution in [0.1, 0.15) is 32.8 Å². The van der Waals surface area contributed by atoms with Gasteiger partial charge in [0, 0.05) is 23.7 Å². The molecule has 0 bridgehead atoms. The van der Waals surface area contributed by atoms with Gasteiger partial charge in [0.1, 0.15) is 4.90 Å². The van der Waals surface area contributed by atoms with Crippen molar-refractivity contribution in [2.75, 3.05) is 6.54 Å². The van der Waals surface area contributed by atoms with Gasteiger partial charge in [0.05, 0.1) is 5.52 Å². The largest absolute Gasteiger partial charge is 0.329 e. The topological polar surface area (TPSA) is 85.1 Å². The van der Waals surface area contributed by atoms with Gasteiger partial charge in [-0.15, -0.1) is 12.4 Å². The Balaban J connectivity index is 0.00000288. The van der Waals surface area contributed by atoms with Gasteiger partial charge < -0.3 is 5.73 Å². The molecule has 1 aromatic carbocycles. The quantitative estimate of drug-likeness (QED) is 0.817. The molecule has 1 atom stereocenters. The number of nitrogens with two attached hydrogens (primary N) is 1. The molecule has 0 aliphatic rings. The van der Waals surface area contributed by atoms with Crippen molar-refractivity contribution in [2.24, 2.45) is 11.7 Å². The molecule has 2 aromatic rings. The SMILES string of the molecule is Cc1cnc2c(S(=O)(=O)NC(C)(CN)CC(C)C)cccc2c1.Cl. The first-order chi connectivity index (χ1) is 10.7. The molecule has 1 aromatic heterocycles. The smallest absolute Gasteiger partial charge is 0.243 e. The molecule has 24 heavy (non-hydrogen) atoms. The summed E-state index contributed by atoms with van der Waals surface area (Å²) in [6.45, 7) is 8.10. The molecule has 0 fully saturated rings. The zero-order chi connectivity index (χ0) is 17.3. The highest BCUT2D eigenvalue weighted by molar-refractivity contribution is 7.89. The molecule has 0 radical (unpaired) electrons. The normalized spacial score (nSPS) is 14.4. The second-order valence-electron chi connectivity index (χ2n) is 6.81. The van der Waals surface area contributed by atoms with E-state index in [1.54, 1.807) is 18.3 Å². The molecule has 1 unspecified atom stereocenters. The number of halogens is 1. The van der Waals surface area contributed by atoms with Crippen molar-refractivity contribution in [3.05, 3.63) is 36.0 Å². The number of aromatic nitrogens is 1. The van der Waals surface area contributed by atoms with E-state index >= 15 is 0 Å². The van der Waals surface area contributed by atoms with Crippen molar-refractivity contribution in [2.45, 2.75) is 44.6 Å². The van der Waals surface area contributed by atoms with Crippen molar-refractivity contribution in [3.63, 3.8) is 0 Å². The van der Waals surface area contributed by atoms with E-state index in [-0.39, 0.29) is 23.8 Å². The number of benzene rings is 1. The van der Waals surface area contributed by atoms with Crippen LogP contribution in [0.4, 0.5) is 0 Å². The zero-order valence-corrected chi connectivity index (χ0v) is 16.2. The lowest BCUT2D eigenvalue weighted by atomic mass is 9.92. The zero-order valence-electron chi connectivity index (χ0n) is 14.5. The predicted molar refractivity (Wildman–Crippen MR) is 101 cm³/mol. The van der Waals surface area contributed by atoms with Crippen molar-refractivity contribution < 1.29 is 8.42 Å². The van der Waals surface area contributed by atoms with Crippen LogP contribution in [0.25, 0.3) is 10.9 Å². The van der Waals surface area contributed by atoms with Crippen LogP contribution in [-0.2, 0) is 10.0 Å². The maximum absolute atomic E-state index is 12.9. The van der Waals surface area contributed by atoms with Crippen LogP contribution in [0.2, 0.25) is 0 Å². The summed E-state index contributed by atoms with van der Waals surface area (Å²) in [7, 11) is -3.71. The highest BCUT2D eigenvalue weighted by Crippen LogP contribution is 2.24. The first kappa shape index (κ1) is 20.8. The third-order valence-electron chi connectivity index (χ3n) is 3.79. The highest BCUT2D eigenvalue weighted by atomic mass is 35.5. The lowest BCUT2D eigenvalue weighted by Crippen LogP contribution is -2.52. The minimum atomic E-state index is -3.71. The summed E-state index contributed by atoms with van der Waals surface area (Å²) in [6.07, 6.45) is 2.34. The van der Waals surface area contributed by atoms with Gasteiger partial charge in [-0.05, 0) is 43.9 Å². The highest BCUT2D eigenvalue weighted by Gasteiger charge is 2.31. The molecular weight excluding hydrogens is 346 g/mol.